The van der Waals surface area contributed by atoms with Crippen LogP contribution in [0.15, 0.2) is 54.6 Å². The van der Waals surface area contributed by atoms with E-state index in [1.54, 1.807) is 13.2 Å². The van der Waals surface area contributed by atoms with Crippen molar-refractivity contribution >= 4 is 12.4 Å². The molecule has 0 aliphatic heterocycles. The first kappa shape index (κ1) is 12.1. The summed E-state index contributed by atoms with van der Waals surface area (Å²) >= 11 is 0. The number of carbonyl (C=O) groups excluding carboxylic acids is 1. The summed E-state index contributed by atoms with van der Waals surface area (Å²) in [6.45, 7) is 0. The summed E-state index contributed by atoms with van der Waals surface area (Å²) in [6, 6.07) is 12.1. The van der Waals surface area contributed by atoms with Crippen LogP contribution in [0.3, 0.4) is 0 Å². The maximum atomic E-state index is 10.2. The molecule has 0 N–H and O–H groups in total. The van der Waals surface area contributed by atoms with Crippen molar-refractivity contribution in [2.75, 3.05) is 7.11 Å². The smallest absolute Gasteiger partial charge is 0.142 e. The van der Waals surface area contributed by atoms with Gasteiger partial charge in [-0.15, -0.1) is 0 Å². The van der Waals surface area contributed by atoms with Gasteiger partial charge in [0.1, 0.15) is 12.0 Å². The van der Waals surface area contributed by atoms with Gasteiger partial charge in [-0.1, -0.05) is 48.6 Å². The molecule has 0 saturated carbocycles. The molecule has 90 valence electrons. The van der Waals surface area contributed by atoms with Gasteiger partial charge in [-0.25, -0.2) is 0 Å². The first-order valence-corrected chi connectivity index (χ1v) is 5.71. The van der Waals surface area contributed by atoms with Gasteiger partial charge >= 0.3 is 0 Å². The van der Waals surface area contributed by atoms with Crippen LogP contribution in [-0.2, 0) is 4.79 Å². The Hall–Kier alpha value is -2.35. The van der Waals surface area contributed by atoms with Crippen molar-refractivity contribution in [3.8, 4) is 16.9 Å². The second kappa shape index (κ2) is 5.82. The summed E-state index contributed by atoms with van der Waals surface area (Å²) in [7, 11) is 1.66. The Morgan fingerprint density at radius 3 is 2.67 bits per heavy atom. The number of carbonyl (C=O) groups is 1. The van der Waals surface area contributed by atoms with E-state index >= 15 is 0 Å². The zero-order valence-electron chi connectivity index (χ0n) is 10.2. The molecule has 0 spiro atoms. The number of methoxy groups -OCH3 is 1. The predicted molar refractivity (Wildman–Crippen MR) is 73.9 cm³/mol. The molecule has 0 bridgehead atoms. The number of hydrogen-bond donors (Lipinski definition) is 0. The molecule has 2 nitrogen and oxygen atoms in total. The standard InChI is InChI=1S/C16H14O2/c1-18-16-12-13-8-4-2-5-9-14(13)15(16)10-6-3-7-11-17/h2-12H,1H3/b7-3+,10-6+. The van der Waals surface area contributed by atoms with Gasteiger partial charge in [0.05, 0.1) is 7.11 Å². The van der Waals surface area contributed by atoms with Gasteiger partial charge in [0, 0.05) is 5.56 Å². The molecule has 0 heterocycles. The maximum Gasteiger partial charge on any atom is 0.142 e. The number of rotatable bonds is 4. The second-order valence-electron chi connectivity index (χ2n) is 3.79. The summed E-state index contributed by atoms with van der Waals surface area (Å²) < 4.78 is 5.37. The molecule has 0 aromatic carbocycles. The van der Waals surface area contributed by atoms with E-state index in [0.717, 1.165) is 28.7 Å². The topological polar surface area (TPSA) is 26.3 Å². The third-order valence-corrected chi connectivity index (χ3v) is 2.70. The van der Waals surface area contributed by atoms with Crippen LogP contribution in [0, 0.1) is 0 Å². The molecule has 2 heteroatoms. The highest BCUT2D eigenvalue weighted by molar-refractivity contribution is 5.83. The average Bonchev–Trinajstić information content (AvgIpc) is 2.57. The van der Waals surface area contributed by atoms with Crippen molar-refractivity contribution in [3.05, 3.63) is 60.2 Å². The van der Waals surface area contributed by atoms with Crippen molar-refractivity contribution in [1.82, 2.24) is 0 Å². The SMILES string of the molecule is COc1cc2cccccc-2c1/C=C/C=C/C=O. The van der Waals surface area contributed by atoms with Crippen LogP contribution in [-0.4, -0.2) is 13.4 Å². The highest BCUT2D eigenvalue weighted by Gasteiger charge is 2.12. The maximum absolute atomic E-state index is 10.2. The summed E-state index contributed by atoms with van der Waals surface area (Å²) in [6.07, 6.45) is 7.69. The number of aldehydes is 1. The van der Waals surface area contributed by atoms with Crippen molar-refractivity contribution in [2.45, 2.75) is 0 Å². The monoisotopic (exact) mass is 238 g/mol. The van der Waals surface area contributed by atoms with Gasteiger partial charge in [0.15, 0.2) is 0 Å². The molecule has 2 aliphatic rings. The summed E-state index contributed by atoms with van der Waals surface area (Å²) in [5.74, 6) is 0.840. The van der Waals surface area contributed by atoms with Crippen LogP contribution in [0.5, 0.6) is 5.75 Å². The summed E-state index contributed by atoms with van der Waals surface area (Å²) in [5, 5.41) is 0. The second-order valence-corrected chi connectivity index (χ2v) is 3.79. The number of ether oxygens (including phenoxy) is 1. The zero-order chi connectivity index (χ0) is 12.8. The van der Waals surface area contributed by atoms with Crippen molar-refractivity contribution in [1.29, 1.82) is 0 Å². The van der Waals surface area contributed by atoms with Gasteiger partial charge in [0.2, 0.25) is 0 Å². The third-order valence-electron chi connectivity index (χ3n) is 2.70. The van der Waals surface area contributed by atoms with Crippen molar-refractivity contribution in [3.63, 3.8) is 0 Å². The Morgan fingerprint density at radius 1 is 1.06 bits per heavy atom. The predicted octanol–water partition coefficient (Wildman–Crippen LogP) is 3.57. The van der Waals surface area contributed by atoms with Crippen LogP contribution < -0.4 is 4.74 Å². The van der Waals surface area contributed by atoms with E-state index in [4.69, 9.17) is 4.74 Å². The molecule has 0 radical (unpaired) electrons. The van der Waals surface area contributed by atoms with E-state index in [1.807, 2.05) is 36.4 Å². The molecule has 2 aliphatic carbocycles. The molecule has 0 unspecified atom stereocenters. The lowest BCUT2D eigenvalue weighted by Gasteiger charge is -1.98. The number of fused-ring (bicyclic) bond motifs is 1. The van der Waals surface area contributed by atoms with Gasteiger partial charge in [-0.05, 0) is 23.3 Å². The quantitative estimate of drug-likeness (QED) is 0.462. The first-order valence-electron chi connectivity index (χ1n) is 5.71. The molecule has 0 atom stereocenters. The Kier molecular flexibility index (Phi) is 3.92. The zero-order valence-corrected chi connectivity index (χ0v) is 10.2. The van der Waals surface area contributed by atoms with E-state index in [0.29, 0.717) is 0 Å². The van der Waals surface area contributed by atoms with Gasteiger partial charge < -0.3 is 4.74 Å². The normalized spacial score (nSPS) is 11.4. The van der Waals surface area contributed by atoms with Crippen molar-refractivity contribution < 1.29 is 9.53 Å². The van der Waals surface area contributed by atoms with Crippen molar-refractivity contribution in [2.24, 2.45) is 0 Å². The lowest BCUT2D eigenvalue weighted by molar-refractivity contribution is -0.104. The molecule has 18 heavy (non-hydrogen) atoms. The highest BCUT2D eigenvalue weighted by atomic mass is 16.5. The van der Waals surface area contributed by atoms with Crippen LogP contribution in [0.1, 0.15) is 5.56 Å². The fourth-order valence-electron chi connectivity index (χ4n) is 1.89. The third kappa shape index (κ3) is 2.48. The molecule has 0 saturated heterocycles. The molecule has 2 rings (SSSR count). The summed E-state index contributed by atoms with van der Waals surface area (Å²) in [5.41, 5.74) is 3.29. The summed E-state index contributed by atoms with van der Waals surface area (Å²) in [4.78, 5) is 10.2. The van der Waals surface area contributed by atoms with Crippen LogP contribution in [0.25, 0.3) is 17.2 Å². The Bertz CT molecular complexity index is 567. The minimum atomic E-state index is 0.755. The van der Waals surface area contributed by atoms with Gasteiger partial charge in [0.25, 0.3) is 0 Å². The van der Waals surface area contributed by atoms with Crippen LogP contribution >= 0.6 is 0 Å². The number of allylic oxidation sites excluding steroid dienone is 3. The molecule has 0 aromatic rings. The molecule has 0 aromatic heterocycles. The fraction of sp³-hybridized carbons (Fsp3) is 0.0625. The fourth-order valence-corrected chi connectivity index (χ4v) is 1.89. The lowest BCUT2D eigenvalue weighted by Crippen LogP contribution is -1.81. The minimum Gasteiger partial charge on any atom is -0.496 e. The van der Waals surface area contributed by atoms with Crippen LogP contribution in [0.2, 0.25) is 0 Å². The first-order chi connectivity index (χ1) is 8.86. The van der Waals surface area contributed by atoms with E-state index in [1.165, 1.54) is 6.08 Å². The highest BCUT2D eigenvalue weighted by Crippen LogP contribution is 2.37. The Balaban J connectivity index is 2.47. The van der Waals surface area contributed by atoms with Gasteiger partial charge in [-0.2, -0.15) is 0 Å². The Morgan fingerprint density at radius 2 is 1.89 bits per heavy atom. The molecule has 0 amide bonds. The van der Waals surface area contributed by atoms with E-state index in [-0.39, 0.29) is 0 Å². The Labute approximate surface area is 107 Å². The average molecular weight is 238 g/mol. The van der Waals surface area contributed by atoms with E-state index < -0.39 is 0 Å². The largest absolute Gasteiger partial charge is 0.496 e. The lowest BCUT2D eigenvalue weighted by atomic mass is 10.1. The molecular weight excluding hydrogens is 224 g/mol. The number of hydrogen-bond acceptors (Lipinski definition) is 2. The molecule has 0 fully saturated rings. The minimum absolute atomic E-state index is 0.755. The molecular formula is C16H14O2. The van der Waals surface area contributed by atoms with Crippen LogP contribution in [0.4, 0.5) is 0 Å². The van der Waals surface area contributed by atoms with E-state index in [9.17, 15) is 4.79 Å². The van der Waals surface area contributed by atoms with Gasteiger partial charge in [-0.3, -0.25) is 4.79 Å². The van der Waals surface area contributed by atoms with E-state index in [2.05, 4.69) is 12.1 Å².